The molecule has 1 unspecified atom stereocenters. The van der Waals surface area contributed by atoms with Crippen LogP contribution in [-0.2, 0) is 0 Å². The topological polar surface area (TPSA) is 21.3 Å². The Labute approximate surface area is 128 Å². The van der Waals surface area contributed by atoms with Crippen LogP contribution in [0.25, 0.3) is 0 Å². The molecule has 0 spiro atoms. The van der Waals surface area contributed by atoms with Crippen LogP contribution in [0, 0.1) is 13.8 Å². The first kappa shape index (κ1) is 17.3. The first-order chi connectivity index (χ1) is 9.54. The minimum atomic E-state index is 0.567. The molecule has 1 rings (SSSR count). The van der Waals surface area contributed by atoms with Crippen molar-refractivity contribution in [3.05, 3.63) is 28.3 Å². The quantitative estimate of drug-likeness (QED) is 0.655. The maximum absolute atomic E-state index is 6.02. The van der Waals surface area contributed by atoms with Gasteiger partial charge in [0.25, 0.3) is 0 Å². The summed E-state index contributed by atoms with van der Waals surface area (Å²) in [5.41, 5.74) is 2.21. The van der Waals surface area contributed by atoms with Crippen LogP contribution >= 0.6 is 11.6 Å². The lowest BCUT2D eigenvalue weighted by atomic mass is 10.1. The third-order valence-corrected chi connectivity index (χ3v) is 3.73. The van der Waals surface area contributed by atoms with Crippen molar-refractivity contribution in [1.82, 2.24) is 5.32 Å². The lowest BCUT2D eigenvalue weighted by molar-refractivity contribution is 0.300. The van der Waals surface area contributed by atoms with E-state index in [0.717, 1.165) is 28.4 Å². The maximum atomic E-state index is 6.02. The van der Waals surface area contributed by atoms with Gasteiger partial charge in [0, 0.05) is 17.6 Å². The van der Waals surface area contributed by atoms with Gasteiger partial charge in [0.15, 0.2) is 0 Å². The van der Waals surface area contributed by atoms with Gasteiger partial charge in [0.1, 0.15) is 12.4 Å². The zero-order valence-corrected chi connectivity index (χ0v) is 14.0. The summed E-state index contributed by atoms with van der Waals surface area (Å²) >= 11 is 6.02. The molecule has 0 aliphatic heterocycles. The average Bonchev–Trinajstić information content (AvgIpc) is 2.37. The van der Waals surface area contributed by atoms with Gasteiger partial charge in [-0.2, -0.15) is 0 Å². The number of ether oxygens (including phenoxy) is 1. The van der Waals surface area contributed by atoms with Crippen LogP contribution in [0.2, 0.25) is 5.02 Å². The van der Waals surface area contributed by atoms with E-state index in [2.05, 4.69) is 19.2 Å². The molecule has 1 aromatic rings. The minimum absolute atomic E-state index is 0.567. The van der Waals surface area contributed by atoms with Crippen molar-refractivity contribution in [2.45, 2.75) is 59.4 Å². The second-order valence-corrected chi connectivity index (χ2v) is 6.00. The first-order valence-corrected chi connectivity index (χ1v) is 8.05. The summed E-state index contributed by atoms with van der Waals surface area (Å²) in [6.07, 6.45) is 5.16. The second kappa shape index (κ2) is 9.25. The van der Waals surface area contributed by atoms with Crippen molar-refractivity contribution in [1.29, 1.82) is 0 Å². The normalized spacial score (nSPS) is 12.4. The molecule has 2 nitrogen and oxygen atoms in total. The van der Waals surface area contributed by atoms with E-state index in [9.17, 15) is 0 Å². The molecule has 0 saturated carbocycles. The van der Waals surface area contributed by atoms with Gasteiger partial charge in [0.05, 0.1) is 0 Å². The number of hydrogen-bond acceptors (Lipinski definition) is 2. The van der Waals surface area contributed by atoms with E-state index in [-0.39, 0.29) is 0 Å². The highest BCUT2D eigenvalue weighted by Crippen LogP contribution is 2.26. The Balaban J connectivity index is 2.28. The number of hydrogen-bond donors (Lipinski definition) is 1. The van der Waals surface area contributed by atoms with Crippen molar-refractivity contribution < 1.29 is 4.74 Å². The van der Waals surface area contributed by atoms with Crippen LogP contribution in [0.5, 0.6) is 5.75 Å². The lowest BCUT2D eigenvalue weighted by Gasteiger charge is -2.16. The highest BCUT2D eigenvalue weighted by atomic mass is 35.5. The van der Waals surface area contributed by atoms with Gasteiger partial charge in [0.2, 0.25) is 0 Å². The van der Waals surface area contributed by atoms with Crippen LogP contribution in [0.15, 0.2) is 12.1 Å². The molecule has 1 atom stereocenters. The Hall–Kier alpha value is -0.730. The molecule has 0 amide bonds. The van der Waals surface area contributed by atoms with Crippen molar-refractivity contribution in [3.63, 3.8) is 0 Å². The highest BCUT2D eigenvalue weighted by Gasteiger charge is 2.06. The van der Waals surface area contributed by atoms with Crippen LogP contribution in [0.1, 0.15) is 50.7 Å². The van der Waals surface area contributed by atoms with E-state index in [1.807, 2.05) is 26.0 Å². The van der Waals surface area contributed by atoms with E-state index in [4.69, 9.17) is 16.3 Å². The number of aryl methyl sites for hydroxylation is 2. The first-order valence-electron chi connectivity index (χ1n) is 7.67. The van der Waals surface area contributed by atoms with E-state index >= 15 is 0 Å². The fourth-order valence-electron chi connectivity index (χ4n) is 2.39. The van der Waals surface area contributed by atoms with Gasteiger partial charge in [-0.25, -0.2) is 0 Å². The molecular weight excluding hydrogens is 270 g/mol. The van der Waals surface area contributed by atoms with Crippen molar-refractivity contribution in [3.8, 4) is 5.75 Å². The van der Waals surface area contributed by atoms with Crippen LogP contribution in [0.3, 0.4) is 0 Å². The highest BCUT2D eigenvalue weighted by molar-refractivity contribution is 6.30. The smallest absolute Gasteiger partial charge is 0.125 e. The molecule has 20 heavy (non-hydrogen) atoms. The summed E-state index contributed by atoms with van der Waals surface area (Å²) in [6.45, 7) is 10.1. The number of halogens is 1. The standard InChI is InChI=1S/C17H28ClNO/c1-5-6-7-8-15(4)19-9-10-20-17-13(2)11-16(18)12-14(17)3/h11-12,15,19H,5-10H2,1-4H3. The third kappa shape index (κ3) is 6.15. The average molecular weight is 298 g/mol. The van der Waals surface area contributed by atoms with Crippen molar-refractivity contribution >= 4 is 11.6 Å². The summed E-state index contributed by atoms with van der Waals surface area (Å²) in [6, 6.07) is 4.47. The van der Waals surface area contributed by atoms with Crippen LogP contribution in [-0.4, -0.2) is 19.2 Å². The molecular formula is C17H28ClNO. The Morgan fingerprint density at radius 2 is 1.85 bits per heavy atom. The predicted octanol–water partition coefficient (Wildman–Crippen LogP) is 4.89. The molecule has 3 heteroatoms. The summed E-state index contributed by atoms with van der Waals surface area (Å²) in [5, 5.41) is 4.28. The molecule has 1 aromatic carbocycles. The maximum Gasteiger partial charge on any atom is 0.125 e. The van der Waals surface area contributed by atoms with Gasteiger partial charge in [-0.3, -0.25) is 0 Å². The Morgan fingerprint density at radius 1 is 1.20 bits per heavy atom. The van der Waals surface area contributed by atoms with E-state index in [1.165, 1.54) is 25.7 Å². The largest absolute Gasteiger partial charge is 0.492 e. The lowest BCUT2D eigenvalue weighted by Crippen LogP contribution is -2.30. The fourth-order valence-corrected chi connectivity index (χ4v) is 2.71. The molecule has 0 heterocycles. The van der Waals surface area contributed by atoms with E-state index in [0.29, 0.717) is 12.6 Å². The molecule has 1 N–H and O–H groups in total. The third-order valence-electron chi connectivity index (χ3n) is 3.51. The fraction of sp³-hybridized carbons (Fsp3) is 0.647. The Kier molecular flexibility index (Phi) is 8.01. The molecule has 0 aliphatic carbocycles. The molecule has 0 fully saturated rings. The van der Waals surface area contributed by atoms with Gasteiger partial charge < -0.3 is 10.1 Å². The minimum Gasteiger partial charge on any atom is -0.492 e. The van der Waals surface area contributed by atoms with Gasteiger partial charge >= 0.3 is 0 Å². The monoisotopic (exact) mass is 297 g/mol. The SMILES string of the molecule is CCCCCC(C)NCCOc1c(C)cc(Cl)cc1C. The summed E-state index contributed by atoms with van der Waals surface area (Å²) in [5.74, 6) is 0.967. The number of benzene rings is 1. The Morgan fingerprint density at radius 3 is 2.45 bits per heavy atom. The zero-order valence-electron chi connectivity index (χ0n) is 13.3. The van der Waals surface area contributed by atoms with Crippen LogP contribution < -0.4 is 10.1 Å². The molecule has 0 bridgehead atoms. The van der Waals surface area contributed by atoms with E-state index < -0.39 is 0 Å². The molecule has 0 aromatic heterocycles. The number of nitrogens with one attached hydrogen (secondary N) is 1. The summed E-state index contributed by atoms with van der Waals surface area (Å²) in [4.78, 5) is 0. The molecule has 0 saturated heterocycles. The van der Waals surface area contributed by atoms with E-state index in [1.54, 1.807) is 0 Å². The zero-order chi connectivity index (χ0) is 15.0. The molecule has 114 valence electrons. The number of rotatable bonds is 9. The van der Waals surface area contributed by atoms with Gasteiger partial charge in [-0.1, -0.05) is 37.8 Å². The van der Waals surface area contributed by atoms with Crippen molar-refractivity contribution in [2.24, 2.45) is 0 Å². The predicted molar refractivity (Wildman–Crippen MR) is 88.0 cm³/mol. The van der Waals surface area contributed by atoms with Crippen molar-refractivity contribution in [2.75, 3.05) is 13.2 Å². The summed E-state index contributed by atoms with van der Waals surface area (Å²) < 4.78 is 5.88. The molecule has 0 aliphatic rings. The van der Waals surface area contributed by atoms with Gasteiger partial charge in [-0.15, -0.1) is 0 Å². The molecule has 0 radical (unpaired) electrons. The summed E-state index contributed by atoms with van der Waals surface area (Å²) in [7, 11) is 0. The van der Waals surface area contributed by atoms with Crippen LogP contribution in [0.4, 0.5) is 0 Å². The second-order valence-electron chi connectivity index (χ2n) is 5.57. The number of unbranched alkanes of at least 4 members (excludes halogenated alkanes) is 2. The Bertz CT molecular complexity index is 383. The van der Waals surface area contributed by atoms with Gasteiger partial charge in [-0.05, 0) is 50.5 Å².